The Balaban J connectivity index is 3.05. The van der Waals surface area contributed by atoms with Crippen LogP contribution in [0, 0.1) is 0 Å². The summed E-state index contributed by atoms with van der Waals surface area (Å²) in [6.45, 7) is 1.37. The number of anilines is 1. The van der Waals surface area contributed by atoms with Gasteiger partial charge in [-0.3, -0.25) is 4.79 Å². The lowest BCUT2D eigenvalue weighted by Crippen LogP contribution is -2.42. The molecule has 0 spiro atoms. The summed E-state index contributed by atoms with van der Waals surface area (Å²) < 4.78 is 26.3. The number of carbonyl (C=O) groups excluding carboxylic acids is 1. The molecule has 0 saturated carbocycles. The summed E-state index contributed by atoms with van der Waals surface area (Å²) in [6, 6.07) is 3.17. The molecule has 0 fully saturated rings. The molecule has 6 nitrogen and oxygen atoms in total. The quantitative estimate of drug-likeness (QED) is 0.686. The van der Waals surface area contributed by atoms with Gasteiger partial charge >= 0.3 is 0 Å². The van der Waals surface area contributed by atoms with Crippen LogP contribution < -0.4 is 16.2 Å². The van der Waals surface area contributed by atoms with E-state index in [-0.39, 0.29) is 4.90 Å². The minimum absolute atomic E-state index is 0.00618. The average Bonchev–Trinajstić information content (AvgIpc) is 2.21. The number of amides is 1. The number of benzene rings is 1. The molecule has 1 aromatic carbocycles. The van der Waals surface area contributed by atoms with E-state index in [0.717, 1.165) is 0 Å². The van der Waals surface area contributed by atoms with Gasteiger partial charge in [-0.1, -0.05) is 0 Å². The van der Waals surface area contributed by atoms with Gasteiger partial charge in [0.2, 0.25) is 15.9 Å². The molecular weight excluding hydrogens is 310 g/mol. The van der Waals surface area contributed by atoms with Crippen molar-refractivity contribution in [2.45, 2.75) is 17.9 Å². The molecule has 0 heterocycles. The maximum Gasteiger partial charge on any atom is 0.241 e. The third-order valence-corrected chi connectivity index (χ3v) is 4.27. The molecule has 8 heteroatoms. The van der Waals surface area contributed by atoms with Crippen molar-refractivity contribution in [1.82, 2.24) is 4.72 Å². The maximum atomic E-state index is 11.8. The second kappa shape index (κ2) is 5.03. The minimum atomic E-state index is -3.78. The normalized spacial score (nSPS) is 13.3. The summed E-state index contributed by atoms with van der Waals surface area (Å²) in [5, 5.41) is 0. The minimum Gasteiger partial charge on any atom is -0.398 e. The topological polar surface area (TPSA) is 115 Å². The summed E-state index contributed by atoms with van der Waals surface area (Å²) >= 11 is 3.12. The number of sulfonamides is 1. The molecular formula is C9H12BrN3O3S. The molecule has 0 saturated heterocycles. The zero-order chi connectivity index (χ0) is 13.2. The van der Waals surface area contributed by atoms with E-state index in [0.29, 0.717) is 10.2 Å². The first-order chi connectivity index (χ1) is 7.74. The second-order valence-corrected chi connectivity index (χ2v) is 6.00. The molecule has 0 aliphatic heterocycles. The Labute approximate surface area is 108 Å². The first-order valence-corrected chi connectivity index (χ1v) is 6.88. The van der Waals surface area contributed by atoms with Gasteiger partial charge in [0.15, 0.2) is 0 Å². The van der Waals surface area contributed by atoms with Gasteiger partial charge in [-0.05, 0) is 41.1 Å². The zero-order valence-electron chi connectivity index (χ0n) is 8.98. The van der Waals surface area contributed by atoms with Crippen molar-refractivity contribution in [3.63, 3.8) is 0 Å². The van der Waals surface area contributed by atoms with Crippen LogP contribution in [0.2, 0.25) is 0 Å². The second-order valence-electron chi connectivity index (χ2n) is 3.43. The van der Waals surface area contributed by atoms with Gasteiger partial charge in [-0.15, -0.1) is 0 Å². The van der Waals surface area contributed by atoms with Gasteiger partial charge in [0.25, 0.3) is 0 Å². The molecule has 0 aromatic heterocycles. The Morgan fingerprint density at radius 2 is 2.06 bits per heavy atom. The van der Waals surface area contributed by atoms with Crippen molar-refractivity contribution in [2.75, 3.05) is 5.73 Å². The zero-order valence-corrected chi connectivity index (χ0v) is 11.4. The fraction of sp³-hybridized carbons (Fsp3) is 0.222. The average molecular weight is 322 g/mol. The highest BCUT2D eigenvalue weighted by Crippen LogP contribution is 2.22. The lowest BCUT2D eigenvalue weighted by molar-refractivity contribution is -0.119. The predicted molar refractivity (Wildman–Crippen MR) is 67.5 cm³/mol. The monoisotopic (exact) mass is 321 g/mol. The molecule has 1 atom stereocenters. The van der Waals surface area contributed by atoms with Crippen molar-refractivity contribution >= 4 is 37.5 Å². The predicted octanol–water partition coefficient (Wildman–Crippen LogP) is 0.183. The van der Waals surface area contributed by atoms with Gasteiger partial charge in [0.05, 0.1) is 10.9 Å². The van der Waals surface area contributed by atoms with Crippen molar-refractivity contribution in [1.29, 1.82) is 0 Å². The number of hydrogen-bond donors (Lipinski definition) is 3. The maximum absolute atomic E-state index is 11.8. The molecule has 1 aromatic rings. The Kier molecular flexibility index (Phi) is 4.12. The molecule has 0 radical (unpaired) electrons. The highest BCUT2D eigenvalue weighted by molar-refractivity contribution is 9.10. The van der Waals surface area contributed by atoms with Gasteiger partial charge in [-0.2, -0.15) is 4.72 Å². The van der Waals surface area contributed by atoms with Crippen LogP contribution in [0.15, 0.2) is 27.6 Å². The number of carbonyl (C=O) groups is 1. The molecule has 5 N–H and O–H groups in total. The Morgan fingerprint density at radius 1 is 1.47 bits per heavy atom. The molecule has 0 aliphatic carbocycles. The summed E-state index contributed by atoms with van der Waals surface area (Å²) in [4.78, 5) is 10.8. The number of nitrogens with one attached hydrogen (secondary N) is 1. The van der Waals surface area contributed by atoms with Gasteiger partial charge in [0, 0.05) is 10.2 Å². The van der Waals surface area contributed by atoms with E-state index in [1.165, 1.54) is 25.1 Å². The number of nitrogen functional groups attached to an aromatic ring is 1. The SMILES string of the molecule is CC(NS(=O)(=O)c1ccc(N)c(Br)c1)C(N)=O. The number of nitrogens with two attached hydrogens (primary N) is 2. The van der Waals surface area contributed by atoms with Crippen LogP contribution in [-0.4, -0.2) is 20.4 Å². The number of rotatable bonds is 4. The van der Waals surface area contributed by atoms with Crippen LogP contribution in [0.1, 0.15) is 6.92 Å². The van der Waals surface area contributed by atoms with E-state index in [1.807, 2.05) is 0 Å². The standard InChI is InChI=1S/C9H12BrN3O3S/c1-5(9(12)14)13-17(15,16)6-2-3-8(11)7(10)4-6/h2-5,13H,11H2,1H3,(H2,12,14). The Hall–Kier alpha value is -1.12. The lowest BCUT2D eigenvalue weighted by Gasteiger charge is -2.11. The summed E-state index contributed by atoms with van der Waals surface area (Å²) in [7, 11) is -3.78. The molecule has 17 heavy (non-hydrogen) atoms. The van der Waals surface area contributed by atoms with E-state index < -0.39 is 22.0 Å². The highest BCUT2D eigenvalue weighted by Gasteiger charge is 2.20. The van der Waals surface area contributed by atoms with Gasteiger partial charge < -0.3 is 11.5 Å². The van der Waals surface area contributed by atoms with Gasteiger partial charge in [-0.25, -0.2) is 8.42 Å². The summed E-state index contributed by atoms with van der Waals surface area (Å²) in [5.74, 6) is -0.747. The van der Waals surface area contributed by atoms with Crippen molar-refractivity contribution in [3.05, 3.63) is 22.7 Å². The third kappa shape index (κ3) is 3.42. The van der Waals surface area contributed by atoms with Crippen molar-refractivity contribution in [2.24, 2.45) is 5.73 Å². The molecule has 94 valence electrons. The van der Waals surface area contributed by atoms with E-state index in [4.69, 9.17) is 11.5 Å². The molecule has 1 unspecified atom stereocenters. The largest absolute Gasteiger partial charge is 0.398 e. The Bertz CT molecular complexity index is 544. The summed E-state index contributed by atoms with van der Waals surface area (Å²) in [6.07, 6.45) is 0. The number of hydrogen-bond acceptors (Lipinski definition) is 4. The smallest absolute Gasteiger partial charge is 0.241 e. The summed E-state index contributed by atoms with van der Waals surface area (Å²) in [5.41, 5.74) is 10.9. The van der Waals surface area contributed by atoms with Crippen molar-refractivity contribution in [3.8, 4) is 0 Å². The van der Waals surface area contributed by atoms with Crippen LogP contribution in [0.5, 0.6) is 0 Å². The van der Waals surface area contributed by atoms with E-state index in [1.54, 1.807) is 0 Å². The molecule has 0 aliphatic rings. The molecule has 1 amide bonds. The van der Waals surface area contributed by atoms with Crippen molar-refractivity contribution < 1.29 is 13.2 Å². The number of primary amides is 1. The fourth-order valence-corrected chi connectivity index (χ4v) is 2.80. The van der Waals surface area contributed by atoms with E-state index in [2.05, 4.69) is 20.7 Å². The molecule has 0 bridgehead atoms. The fourth-order valence-electron chi connectivity index (χ4n) is 1.03. The first-order valence-electron chi connectivity index (χ1n) is 4.60. The molecule has 1 rings (SSSR count). The van der Waals surface area contributed by atoms with Crippen LogP contribution in [0.3, 0.4) is 0 Å². The highest BCUT2D eigenvalue weighted by atomic mass is 79.9. The van der Waals surface area contributed by atoms with E-state index in [9.17, 15) is 13.2 Å². The lowest BCUT2D eigenvalue weighted by atomic mass is 10.3. The number of halogens is 1. The van der Waals surface area contributed by atoms with Crippen LogP contribution in [-0.2, 0) is 14.8 Å². The Morgan fingerprint density at radius 3 is 2.53 bits per heavy atom. The van der Waals surface area contributed by atoms with Crippen LogP contribution in [0.4, 0.5) is 5.69 Å². The third-order valence-electron chi connectivity index (χ3n) is 2.04. The van der Waals surface area contributed by atoms with Crippen LogP contribution in [0.25, 0.3) is 0 Å². The van der Waals surface area contributed by atoms with Crippen LogP contribution >= 0.6 is 15.9 Å². The first kappa shape index (κ1) is 13.9. The van der Waals surface area contributed by atoms with Gasteiger partial charge in [0.1, 0.15) is 0 Å². The van der Waals surface area contributed by atoms with E-state index >= 15 is 0 Å².